The number of hydrogen-bond donors (Lipinski definition) is 2. The van der Waals surface area contributed by atoms with Gasteiger partial charge >= 0.3 is 5.76 Å². The van der Waals surface area contributed by atoms with E-state index in [-0.39, 0.29) is 11.8 Å². The Morgan fingerprint density at radius 1 is 1.35 bits per heavy atom. The number of hydrogen-bond acceptors (Lipinski definition) is 5. The van der Waals surface area contributed by atoms with Crippen LogP contribution in [0.1, 0.15) is 24.3 Å². The maximum absolute atomic E-state index is 12.4. The summed E-state index contributed by atoms with van der Waals surface area (Å²) in [6, 6.07) is 8.26. The smallest absolute Gasteiger partial charge is 0.417 e. The largest absolute Gasteiger partial charge is 0.489 e. The molecule has 2 N–H and O–H groups in total. The van der Waals surface area contributed by atoms with Crippen molar-refractivity contribution < 1.29 is 13.9 Å². The van der Waals surface area contributed by atoms with Crippen LogP contribution in [0.4, 0.5) is 5.69 Å². The molecule has 0 radical (unpaired) electrons. The number of nitrogens with zero attached hydrogens (tertiary/aromatic N) is 1. The fourth-order valence-corrected chi connectivity index (χ4v) is 2.13. The number of anilines is 1. The van der Waals surface area contributed by atoms with Gasteiger partial charge in [0.1, 0.15) is 0 Å². The number of H-pyrrole nitrogens is 1. The molecular formula is C16H15N3O4. The minimum absolute atomic E-state index is 0.0712. The average Bonchev–Trinajstić information content (AvgIpc) is 2.86. The zero-order valence-electron chi connectivity index (χ0n) is 12.6. The summed E-state index contributed by atoms with van der Waals surface area (Å²) in [6.07, 6.45) is 1.46. The molecule has 7 heteroatoms. The zero-order valence-corrected chi connectivity index (χ0v) is 12.6. The number of carbonyl (C=O) groups excluding carboxylic acids is 1. The van der Waals surface area contributed by atoms with E-state index in [4.69, 9.17) is 9.15 Å². The third-order valence-corrected chi connectivity index (χ3v) is 3.03. The highest BCUT2D eigenvalue weighted by Crippen LogP contribution is 2.20. The van der Waals surface area contributed by atoms with Crippen LogP contribution in [0.3, 0.4) is 0 Å². The van der Waals surface area contributed by atoms with E-state index >= 15 is 0 Å². The molecule has 0 spiro atoms. The second-order valence-corrected chi connectivity index (χ2v) is 5.20. The van der Waals surface area contributed by atoms with E-state index in [2.05, 4.69) is 15.3 Å². The van der Waals surface area contributed by atoms with Gasteiger partial charge in [0, 0.05) is 11.9 Å². The summed E-state index contributed by atoms with van der Waals surface area (Å²) in [6.45, 7) is 3.75. The molecule has 0 saturated carbocycles. The first-order valence-corrected chi connectivity index (χ1v) is 7.09. The van der Waals surface area contributed by atoms with E-state index in [1.807, 2.05) is 13.8 Å². The first kappa shape index (κ1) is 14.8. The number of rotatable bonds is 4. The van der Waals surface area contributed by atoms with Crippen LogP contribution in [0.15, 0.2) is 45.7 Å². The number of pyridine rings is 1. The Balaban J connectivity index is 1.87. The molecular weight excluding hydrogens is 298 g/mol. The minimum atomic E-state index is -0.541. The van der Waals surface area contributed by atoms with E-state index in [0.717, 1.165) is 0 Å². The number of aromatic amines is 1. The molecule has 0 fully saturated rings. The standard InChI is InChI=1S/C16H15N3O4/c1-9(2)22-13-4-3-7-17-14(13)15(20)18-10-5-6-12-11(8-10)19-16(21)23-12/h3-9H,1-2H3,(H,18,20)(H,19,21). The quantitative estimate of drug-likeness (QED) is 0.771. The van der Waals surface area contributed by atoms with Crippen molar-refractivity contribution >= 4 is 22.7 Å². The van der Waals surface area contributed by atoms with Crippen molar-refractivity contribution in [2.24, 2.45) is 0 Å². The van der Waals surface area contributed by atoms with Gasteiger partial charge in [0.2, 0.25) is 0 Å². The van der Waals surface area contributed by atoms with E-state index in [0.29, 0.717) is 22.5 Å². The van der Waals surface area contributed by atoms with Crippen LogP contribution >= 0.6 is 0 Å². The Hall–Kier alpha value is -3.09. The van der Waals surface area contributed by atoms with Crippen LogP contribution in [-0.4, -0.2) is 22.0 Å². The van der Waals surface area contributed by atoms with Gasteiger partial charge in [-0.1, -0.05) is 0 Å². The van der Waals surface area contributed by atoms with Gasteiger partial charge in [-0.15, -0.1) is 0 Å². The Morgan fingerprint density at radius 2 is 2.17 bits per heavy atom. The van der Waals surface area contributed by atoms with Crippen molar-refractivity contribution in [2.75, 3.05) is 5.32 Å². The number of carbonyl (C=O) groups is 1. The van der Waals surface area contributed by atoms with Gasteiger partial charge in [0.15, 0.2) is 17.0 Å². The summed E-state index contributed by atoms with van der Waals surface area (Å²) in [4.78, 5) is 30.2. The van der Waals surface area contributed by atoms with E-state index in [1.165, 1.54) is 6.20 Å². The lowest BCUT2D eigenvalue weighted by Crippen LogP contribution is -2.17. The highest BCUT2D eigenvalue weighted by atomic mass is 16.5. The molecule has 1 amide bonds. The molecule has 2 aromatic heterocycles. The van der Waals surface area contributed by atoms with Gasteiger partial charge in [-0.25, -0.2) is 9.78 Å². The highest BCUT2D eigenvalue weighted by molar-refractivity contribution is 6.05. The summed E-state index contributed by atoms with van der Waals surface area (Å²) in [5.74, 6) is -0.523. The fraction of sp³-hybridized carbons (Fsp3) is 0.188. The van der Waals surface area contributed by atoms with Crippen molar-refractivity contribution in [3.63, 3.8) is 0 Å². The van der Waals surface area contributed by atoms with Crippen LogP contribution in [0.5, 0.6) is 5.75 Å². The first-order valence-electron chi connectivity index (χ1n) is 7.09. The normalized spacial score (nSPS) is 10.9. The van der Waals surface area contributed by atoms with Crippen molar-refractivity contribution in [3.8, 4) is 5.75 Å². The molecule has 1 aromatic carbocycles. The lowest BCUT2D eigenvalue weighted by molar-refractivity contribution is 0.101. The predicted octanol–water partition coefficient (Wildman–Crippen LogP) is 2.56. The van der Waals surface area contributed by atoms with Gasteiger partial charge in [-0.2, -0.15) is 0 Å². The second-order valence-electron chi connectivity index (χ2n) is 5.20. The number of fused-ring (bicyclic) bond motifs is 1. The van der Waals surface area contributed by atoms with E-state index in [1.54, 1.807) is 30.3 Å². The van der Waals surface area contributed by atoms with Crippen LogP contribution in [0.2, 0.25) is 0 Å². The molecule has 0 aliphatic rings. The molecule has 0 aliphatic heterocycles. The number of nitrogens with one attached hydrogen (secondary N) is 2. The predicted molar refractivity (Wildman–Crippen MR) is 84.8 cm³/mol. The summed E-state index contributed by atoms with van der Waals surface area (Å²) in [7, 11) is 0. The van der Waals surface area contributed by atoms with Gasteiger partial charge in [-0.05, 0) is 44.2 Å². The Labute approximate surface area is 131 Å². The van der Waals surface area contributed by atoms with Gasteiger partial charge in [0.05, 0.1) is 11.6 Å². The molecule has 0 atom stereocenters. The maximum Gasteiger partial charge on any atom is 0.417 e. The van der Waals surface area contributed by atoms with E-state index < -0.39 is 11.7 Å². The molecule has 23 heavy (non-hydrogen) atoms. The molecule has 0 aliphatic carbocycles. The lowest BCUT2D eigenvalue weighted by atomic mass is 10.2. The monoisotopic (exact) mass is 313 g/mol. The van der Waals surface area contributed by atoms with Crippen molar-refractivity contribution in [2.45, 2.75) is 20.0 Å². The topological polar surface area (TPSA) is 97.2 Å². The van der Waals surface area contributed by atoms with Crippen LogP contribution in [0.25, 0.3) is 11.1 Å². The summed E-state index contributed by atoms with van der Waals surface area (Å²) in [5.41, 5.74) is 1.64. The Kier molecular flexibility index (Phi) is 3.84. The summed E-state index contributed by atoms with van der Waals surface area (Å²) >= 11 is 0. The SMILES string of the molecule is CC(C)Oc1cccnc1C(=O)Nc1ccc2oc(=O)[nH]c2c1. The number of benzene rings is 1. The highest BCUT2D eigenvalue weighted by Gasteiger charge is 2.15. The molecule has 0 unspecified atom stereocenters. The maximum atomic E-state index is 12.4. The van der Waals surface area contributed by atoms with Gasteiger partial charge in [-0.3, -0.25) is 9.78 Å². The number of aromatic nitrogens is 2. The van der Waals surface area contributed by atoms with E-state index in [9.17, 15) is 9.59 Å². The first-order chi connectivity index (χ1) is 11.0. The van der Waals surface area contributed by atoms with Crippen LogP contribution in [-0.2, 0) is 0 Å². The van der Waals surface area contributed by atoms with Crippen molar-refractivity contribution in [1.29, 1.82) is 0 Å². The molecule has 7 nitrogen and oxygen atoms in total. The van der Waals surface area contributed by atoms with Crippen LogP contribution < -0.4 is 15.8 Å². The second kappa shape index (κ2) is 5.96. The summed E-state index contributed by atoms with van der Waals surface area (Å²) in [5, 5.41) is 2.73. The minimum Gasteiger partial charge on any atom is -0.489 e. The molecule has 3 aromatic rings. The fourth-order valence-electron chi connectivity index (χ4n) is 2.13. The molecule has 0 bridgehead atoms. The van der Waals surface area contributed by atoms with Gasteiger partial charge in [0.25, 0.3) is 5.91 Å². The summed E-state index contributed by atoms with van der Waals surface area (Å²) < 4.78 is 10.5. The molecule has 0 saturated heterocycles. The van der Waals surface area contributed by atoms with Crippen molar-refractivity contribution in [1.82, 2.24) is 9.97 Å². The van der Waals surface area contributed by atoms with Crippen molar-refractivity contribution in [3.05, 3.63) is 52.8 Å². The lowest BCUT2D eigenvalue weighted by Gasteiger charge is -2.13. The third kappa shape index (κ3) is 3.23. The number of ether oxygens (including phenoxy) is 1. The Morgan fingerprint density at radius 3 is 2.96 bits per heavy atom. The third-order valence-electron chi connectivity index (χ3n) is 3.03. The number of amides is 1. The molecule has 2 heterocycles. The molecule has 118 valence electrons. The molecule has 3 rings (SSSR count). The average molecular weight is 313 g/mol. The number of oxazole rings is 1. The zero-order chi connectivity index (χ0) is 16.4. The Bertz CT molecular complexity index is 911. The van der Waals surface area contributed by atoms with Gasteiger partial charge < -0.3 is 14.5 Å². The van der Waals surface area contributed by atoms with Crippen LogP contribution in [0, 0.1) is 0 Å².